The predicted molar refractivity (Wildman–Crippen MR) is 81.7 cm³/mol. The maximum absolute atomic E-state index is 9.72. The average Bonchev–Trinajstić information content (AvgIpc) is 2.99. The van der Waals surface area contributed by atoms with E-state index in [0.29, 0.717) is 21.8 Å². The quantitative estimate of drug-likeness (QED) is 0.780. The van der Waals surface area contributed by atoms with Gasteiger partial charge < -0.3 is 9.63 Å². The summed E-state index contributed by atoms with van der Waals surface area (Å²) in [5.41, 5.74) is 2.43. The summed E-state index contributed by atoms with van der Waals surface area (Å²) < 4.78 is 5.89. The molecule has 0 aliphatic carbocycles. The number of phenolic OH excluding ortho intramolecular Hbond substituents is 1. The molecule has 21 heavy (non-hydrogen) atoms. The Balaban J connectivity index is 2.01. The molecule has 0 aliphatic rings. The van der Waals surface area contributed by atoms with E-state index >= 15 is 0 Å². The molecule has 5 nitrogen and oxygen atoms in total. The summed E-state index contributed by atoms with van der Waals surface area (Å²) in [6, 6.07) is 8.97. The van der Waals surface area contributed by atoms with Crippen LogP contribution in [0.15, 0.2) is 45.5 Å². The molecule has 0 bridgehead atoms. The molecule has 0 saturated heterocycles. The van der Waals surface area contributed by atoms with Gasteiger partial charge in [-0.3, -0.25) is 4.98 Å². The number of phenols is 1. The zero-order valence-corrected chi connectivity index (χ0v) is 12.8. The largest absolute Gasteiger partial charge is 0.507 e. The van der Waals surface area contributed by atoms with Gasteiger partial charge in [0.25, 0.3) is 5.89 Å². The minimum atomic E-state index is 0.124. The minimum absolute atomic E-state index is 0.124. The first kappa shape index (κ1) is 13.8. The van der Waals surface area contributed by atoms with E-state index in [4.69, 9.17) is 4.52 Å². The second-order valence-electron chi connectivity index (χ2n) is 4.45. The second-order valence-corrected chi connectivity index (χ2v) is 5.31. The van der Waals surface area contributed by atoms with Gasteiger partial charge in [0.15, 0.2) is 0 Å². The van der Waals surface area contributed by atoms with Gasteiger partial charge in [-0.2, -0.15) is 4.98 Å². The summed E-state index contributed by atoms with van der Waals surface area (Å²) in [6.07, 6.45) is 2.54. The SMILES string of the molecule is CCc1cccnc1-c1noc(-c2ccc(Br)c(O)c2)n1. The van der Waals surface area contributed by atoms with Gasteiger partial charge in [0.2, 0.25) is 5.82 Å². The molecule has 6 heteroatoms. The molecule has 0 aliphatic heterocycles. The topological polar surface area (TPSA) is 72.0 Å². The molecule has 0 radical (unpaired) electrons. The van der Waals surface area contributed by atoms with Gasteiger partial charge >= 0.3 is 0 Å². The van der Waals surface area contributed by atoms with Crippen LogP contribution in [-0.4, -0.2) is 20.2 Å². The minimum Gasteiger partial charge on any atom is -0.507 e. The maximum atomic E-state index is 9.72. The van der Waals surface area contributed by atoms with Crippen LogP contribution in [0.4, 0.5) is 0 Å². The molecule has 0 saturated carbocycles. The first-order chi connectivity index (χ1) is 10.2. The number of pyridine rings is 1. The van der Waals surface area contributed by atoms with Crippen LogP contribution < -0.4 is 0 Å². The third-order valence-electron chi connectivity index (χ3n) is 3.10. The highest BCUT2D eigenvalue weighted by Gasteiger charge is 2.15. The van der Waals surface area contributed by atoms with E-state index in [0.717, 1.165) is 17.7 Å². The lowest BCUT2D eigenvalue weighted by Crippen LogP contribution is -1.92. The van der Waals surface area contributed by atoms with Crippen LogP contribution in [0.1, 0.15) is 12.5 Å². The molecule has 1 aromatic carbocycles. The summed E-state index contributed by atoms with van der Waals surface area (Å²) in [6.45, 7) is 2.05. The summed E-state index contributed by atoms with van der Waals surface area (Å²) in [5, 5.41) is 13.7. The predicted octanol–water partition coefficient (Wildman–Crippen LogP) is 3.83. The van der Waals surface area contributed by atoms with Crippen LogP contribution in [-0.2, 0) is 6.42 Å². The Labute approximate surface area is 129 Å². The first-order valence-corrected chi connectivity index (χ1v) is 7.25. The number of benzene rings is 1. The molecule has 0 atom stereocenters. The van der Waals surface area contributed by atoms with Crippen molar-refractivity contribution < 1.29 is 9.63 Å². The molecule has 0 spiro atoms. The van der Waals surface area contributed by atoms with E-state index in [1.165, 1.54) is 0 Å². The number of aromatic hydroxyl groups is 1. The Morgan fingerprint density at radius 1 is 1.29 bits per heavy atom. The van der Waals surface area contributed by atoms with Gasteiger partial charge in [0.05, 0.1) is 4.47 Å². The fraction of sp³-hybridized carbons (Fsp3) is 0.133. The lowest BCUT2D eigenvalue weighted by atomic mass is 10.1. The van der Waals surface area contributed by atoms with Crippen LogP contribution in [0.5, 0.6) is 5.75 Å². The van der Waals surface area contributed by atoms with Gasteiger partial charge in [-0.25, -0.2) is 0 Å². The van der Waals surface area contributed by atoms with Crippen molar-refractivity contribution in [1.29, 1.82) is 0 Å². The van der Waals surface area contributed by atoms with Gasteiger partial charge in [0, 0.05) is 11.8 Å². The van der Waals surface area contributed by atoms with Crippen molar-refractivity contribution in [3.63, 3.8) is 0 Å². The molecule has 106 valence electrons. The molecule has 2 heterocycles. The molecule has 0 unspecified atom stereocenters. The number of hydrogen-bond acceptors (Lipinski definition) is 5. The van der Waals surface area contributed by atoms with E-state index in [9.17, 15) is 5.11 Å². The second kappa shape index (κ2) is 5.65. The van der Waals surface area contributed by atoms with Crippen molar-refractivity contribution >= 4 is 15.9 Å². The maximum Gasteiger partial charge on any atom is 0.258 e. The van der Waals surface area contributed by atoms with Crippen molar-refractivity contribution in [3.8, 4) is 28.7 Å². The molecular weight excluding hydrogens is 334 g/mol. The Kier molecular flexibility index (Phi) is 3.70. The summed E-state index contributed by atoms with van der Waals surface area (Å²) in [7, 11) is 0. The molecular formula is C15H12BrN3O2. The van der Waals surface area contributed by atoms with Crippen LogP contribution in [0.2, 0.25) is 0 Å². The Morgan fingerprint density at radius 2 is 2.14 bits per heavy atom. The van der Waals surface area contributed by atoms with E-state index in [1.54, 1.807) is 24.4 Å². The Bertz CT molecular complexity index is 786. The number of aromatic nitrogens is 3. The number of aryl methyl sites for hydroxylation is 1. The zero-order valence-electron chi connectivity index (χ0n) is 11.2. The van der Waals surface area contributed by atoms with E-state index < -0.39 is 0 Å². The molecule has 3 rings (SSSR count). The van der Waals surface area contributed by atoms with Crippen LogP contribution in [0, 0.1) is 0 Å². The highest BCUT2D eigenvalue weighted by molar-refractivity contribution is 9.10. The van der Waals surface area contributed by atoms with Gasteiger partial charge in [-0.05, 0) is 52.2 Å². The van der Waals surface area contributed by atoms with Crippen molar-refractivity contribution in [1.82, 2.24) is 15.1 Å². The van der Waals surface area contributed by atoms with Crippen LogP contribution in [0.25, 0.3) is 23.0 Å². The van der Waals surface area contributed by atoms with Crippen molar-refractivity contribution in [3.05, 3.63) is 46.6 Å². The molecule has 2 aromatic heterocycles. The number of nitrogens with zero attached hydrogens (tertiary/aromatic N) is 3. The number of rotatable bonds is 3. The summed E-state index contributed by atoms with van der Waals surface area (Å²) in [5.74, 6) is 0.921. The van der Waals surface area contributed by atoms with Gasteiger partial charge in [-0.1, -0.05) is 18.1 Å². The van der Waals surface area contributed by atoms with E-state index in [2.05, 4.69) is 31.1 Å². The first-order valence-electron chi connectivity index (χ1n) is 6.46. The third kappa shape index (κ3) is 2.67. The fourth-order valence-corrected chi connectivity index (χ4v) is 2.25. The smallest absolute Gasteiger partial charge is 0.258 e. The van der Waals surface area contributed by atoms with Crippen molar-refractivity contribution in [2.45, 2.75) is 13.3 Å². The summed E-state index contributed by atoms with van der Waals surface area (Å²) >= 11 is 3.24. The molecule has 3 aromatic rings. The van der Waals surface area contributed by atoms with Crippen LogP contribution in [0.3, 0.4) is 0 Å². The van der Waals surface area contributed by atoms with Crippen LogP contribution >= 0.6 is 15.9 Å². The monoisotopic (exact) mass is 345 g/mol. The standard InChI is InChI=1S/C15H12BrN3O2/c1-2-9-4-3-7-17-13(9)14-18-15(21-19-14)10-5-6-11(16)12(20)8-10/h3-8,20H,2H2,1H3. The highest BCUT2D eigenvalue weighted by atomic mass is 79.9. The zero-order chi connectivity index (χ0) is 14.8. The lowest BCUT2D eigenvalue weighted by Gasteiger charge is -2.00. The highest BCUT2D eigenvalue weighted by Crippen LogP contribution is 2.30. The summed E-state index contributed by atoms with van der Waals surface area (Å²) in [4.78, 5) is 8.68. The molecule has 0 fully saturated rings. The average molecular weight is 346 g/mol. The van der Waals surface area contributed by atoms with Gasteiger partial charge in [-0.15, -0.1) is 0 Å². The Morgan fingerprint density at radius 3 is 2.90 bits per heavy atom. The number of hydrogen-bond donors (Lipinski definition) is 1. The van der Waals surface area contributed by atoms with Crippen molar-refractivity contribution in [2.75, 3.05) is 0 Å². The molecule has 0 amide bonds. The third-order valence-corrected chi connectivity index (χ3v) is 3.77. The van der Waals surface area contributed by atoms with E-state index in [1.807, 2.05) is 19.1 Å². The normalized spacial score (nSPS) is 10.8. The fourth-order valence-electron chi connectivity index (χ4n) is 2.01. The van der Waals surface area contributed by atoms with Crippen molar-refractivity contribution in [2.24, 2.45) is 0 Å². The lowest BCUT2D eigenvalue weighted by molar-refractivity contribution is 0.431. The van der Waals surface area contributed by atoms with E-state index in [-0.39, 0.29) is 5.75 Å². The Hall–Kier alpha value is -2.21. The van der Waals surface area contributed by atoms with Gasteiger partial charge in [0.1, 0.15) is 11.4 Å². The molecule has 1 N–H and O–H groups in total. The number of halogens is 1.